The van der Waals surface area contributed by atoms with Gasteiger partial charge in [-0.3, -0.25) is 0 Å². The van der Waals surface area contributed by atoms with Crippen molar-refractivity contribution in [2.24, 2.45) is 11.8 Å². The molecule has 1 aromatic heterocycles. The van der Waals surface area contributed by atoms with Crippen LogP contribution in [0.15, 0.2) is 18.3 Å². The fourth-order valence-corrected chi connectivity index (χ4v) is 3.78. The number of piperidine rings is 1. The second-order valence-electron chi connectivity index (χ2n) is 6.97. The molecule has 1 aliphatic heterocycles. The number of nitrogens with one attached hydrogen (secondary N) is 1. The summed E-state index contributed by atoms with van der Waals surface area (Å²) in [5, 5.41) is 3.71. The van der Waals surface area contributed by atoms with Crippen LogP contribution >= 0.6 is 0 Å². The van der Waals surface area contributed by atoms with Gasteiger partial charge in [-0.1, -0.05) is 26.7 Å². The van der Waals surface area contributed by atoms with Gasteiger partial charge in [0.05, 0.1) is 11.9 Å². The first kappa shape index (κ1) is 14.7. The molecule has 0 aromatic carbocycles. The lowest BCUT2D eigenvalue weighted by molar-refractivity contribution is 0.253. The van der Waals surface area contributed by atoms with Crippen molar-refractivity contribution >= 4 is 11.5 Å². The van der Waals surface area contributed by atoms with Crippen molar-refractivity contribution in [3.8, 4) is 0 Å². The minimum atomic E-state index is 0.608. The molecule has 116 valence electrons. The third-order valence-electron chi connectivity index (χ3n) is 5.49. The highest BCUT2D eigenvalue weighted by Gasteiger charge is 2.26. The lowest BCUT2D eigenvalue weighted by Gasteiger charge is -2.35. The first-order valence-electron chi connectivity index (χ1n) is 8.71. The average molecular weight is 287 g/mol. The Morgan fingerprint density at radius 3 is 2.57 bits per heavy atom. The fraction of sp³-hybridized carbons (Fsp3) is 0.722. The summed E-state index contributed by atoms with van der Waals surface area (Å²) in [6.07, 6.45) is 10.0. The van der Waals surface area contributed by atoms with Crippen molar-refractivity contribution in [2.45, 2.75) is 58.4 Å². The van der Waals surface area contributed by atoms with E-state index in [2.05, 4.69) is 41.2 Å². The summed E-state index contributed by atoms with van der Waals surface area (Å²) in [5.74, 6) is 2.72. The van der Waals surface area contributed by atoms with E-state index in [-0.39, 0.29) is 0 Å². The van der Waals surface area contributed by atoms with Crippen molar-refractivity contribution in [1.82, 2.24) is 4.98 Å². The number of pyridine rings is 1. The molecule has 1 aliphatic carbocycles. The fourth-order valence-electron chi connectivity index (χ4n) is 3.78. The molecule has 0 amide bonds. The normalized spacial score (nSPS) is 30.2. The first-order chi connectivity index (χ1) is 10.2. The average Bonchev–Trinajstić information content (AvgIpc) is 2.53. The van der Waals surface area contributed by atoms with E-state index in [0.29, 0.717) is 6.04 Å². The van der Waals surface area contributed by atoms with Crippen LogP contribution in [-0.2, 0) is 0 Å². The molecule has 0 radical (unpaired) electrons. The molecule has 3 unspecified atom stereocenters. The molecule has 0 spiro atoms. The Hall–Kier alpha value is -1.25. The smallest absolute Gasteiger partial charge is 0.128 e. The lowest BCUT2D eigenvalue weighted by atomic mass is 9.78. The summed E-state index contributed by atoms with van der Waals surface area (Å²) in [7, 11) is 0. The number of rotatable bonds is 3. The summed E-state index contributed by atoms with van der Waals surface area (Å²) in [4.78, 5) is 7.09. The molecule has 2 heterocycles. The molecular weight excluding hydrogens is 258 g/mol. The van der Waals surface area contributed by atoms with Gasteiger partial charge in [0.1, 0.15) is 5.82 Å². The number of aromatic nitrogens is 1. The zero-order valence-electron chi connectivity index (χ0n) is 13.5. The van der Waals surface area contributed by atoms with E-state index in [4.69, 9.17) is 0 Å². The number of anilines is 2. The molecule has 0 bridgehead atoms. The van der Waals surface area contributed by atoms with Gasteiger partial charge in [-0.05, 0) is 49.7 Å². The summed E-state index contributed by atoms with van der Waals surface area (Å²) < 4.78 is 0. The molecule has 21 heavy (non-hydrogen) atoms. The van der Waals surface area contributed by atoms with E-state index in [1.54, 1.807) is 0 Å². The minimum Gasteiger partial charge on any atom is -0.381 e. The highest BCUT2D eigenvalue weighted by molar-refractivity contribution is 5.49. The third kappa shape index (κ3) is 3.50. The molecule has 3 rings (SSSR count). The van der Waals surface area contributed by atoms with Gasteiger partial charge in [-0.25, -0.2) is 4.98 Å². The topological polar surface area (TPSA) is 28.2 Å². The molecule has 1 N–H and O–H groups in total. The maximum atomic E-state index is 4.68. The Labute approximate surface area is 129 Å². The van der Waals surface area contributed by atoms with Gasteiger partial charge in [-0.2, -0.15) is 0 Å². The van der Waals surface area contributed by atoms with E-state index in [1.807, 2.05) is 6.20 Å². The van der Waals surface area contributed by atoms with Crippen LogP contribution in [0.2, 0.25) is 0 Å². The molecule has 1 saturated heterocycles. The SMILES string of the molecule is CC1CCCC(Nc2ccc(N3CCCCC3)nc2)C1C. The molecule has 1 saturated carbocycles. The summed E-state index contributed by atoms with van der Waals surface area (Å²) in [5.41, 5.74) is 1.18. The van der Waals surface area contributed by atoms with E-state index >= 15 is 0 Å². The predicted molar refractivity (Wildman–Crippen MR) is 89.9 cm³/mol. The lowest BCUT2D eigenvalue weighted by Crippen LogP contribution is -2.35. The molecule has 3 heteroatoms. The van der Waals surface area contributed by atoms with Gasteiger partial charge in [-0.15, -0.1) is 0 Å². The van der Waals surface area contributed by atoms with Crippen LogP contribution < -0.4 is 10.2 Å². The van der Waals surface area contributed by atoms with Crippen molar-refractivity contribution in [3.05, 3.63) is 18.3 Å². The molecule has 1 aromatic rings. The number of hydrogen-bond donors (Lipinski definition) is 1. The number of nitrogens with zero attached hydrogens (tertiary/aromatic N) is 2. The predicted octanol–water partition coefficient (Wildman–Crippen LogP) is 4.31. The number of hydrogen-bond acceptors (Lipinski definition) is 3. The Bertz CT molecular complexity index is 436. The van der Waals surface area contributed by atoms with E-state index in [9.17, 15) is 0 Å². The Kier molecular flexibility index (Phi) is 4.67. The maximum absolute atomic E-state index is 4.68. The molecule has 2 aliphatic rings. The minimum absolute atomic E-state index is 0.608. The van der Waals surface area contributed by atoms with Crippen LogP contribution in [0.1, 0.15) is 52.4 Å². The standard InChI is InChI=1S/C18H29N3/c1-14-7-6-8-17(15(14)2)20-16-9-10-18(19-13-16)21-11-4-3-5-12-21/h9-10,13-15,17,20H,3-8,11-12H2,1-2H3. The van der Waals surface area contributed by atoms with Gasteiger partial charge in [0, 0.05) is 19.1 Å². The zero-order chi connectivity index (χ0) is 14.7. The molecule has 3 atom stereocenters. The molecule has 2 fully saturated rings. The van der Waals surface area contributed by atoms with Crippen LogP contribution in [0.5, 0.6) is 0 Å². The van der Waals surface area contributed by atoms with E-state index < -0.39 is 0 Å². The summed E-state index contributed by atoms with van der Waals surface area (Å²) >= 11 is 0. The Morgan fingerprint density at radius 2 is 1.86 bits per heavy atom. The van der Waals surface area contributed by atoms with E-state index in [1.165, 1.54) is 44.2 Å². The monoisotopic (exact) mass is 287 g/mol. The summed E-state index contributed by atoms with van der Waals surface area (Å²) in [6.45, 7) is 7.10. The maximum Gasteiger partial charge on any atom is 0.128 e. The van der Waals surface area contributed by atoms with Crippen LogP contribution in [0.25, 0.3) is 0 Å². The molecule has 3 nitrogen and oxygen atoms in total. The van der Waals surface area contributed by atoms with Crippen molar-refractivity contribution in [3.63, 3.8) is 0 Å². The van der Waals surface area contributed by atoms with Crippen molar-refractivity contribution in [2.75, 3.05) is 23.3 Å². The summed E-state index contributed by atoms with van der Waals surface area (Å²) in [6, 6.07) is 5.00. The van der Waals surface area contributed by atoms with Crippen LogP contribution in [0.4, 0.5) is 11.5 Å². The quantitative estimate of drug-likeness (QED) is 0.898. The van der Waals surface area contributed by atoms with Gasteiger partial charge in [0.2, 0.25) is 0 Å². The second-order valence-corrected chi connectivity index (χ2v) is 6.97. The second kappa shape index (κ2) is 6.67. The third-order valence-corrected chi connectivity index (χ3v) is 5.49. The van der Waals surface area contributed by atoms with Crippen LogP contribution in [0, 0.1) is 11.8 Å². The largest absolute Gasteiger partial charge is 0.381 e. The first-order valence-corrected chi connectivity index (χ1v) is 8.71. The van der Waals surface area contributed by atoms with Gasteiger partial charge in [0.15, 0.2) is 0 Å². The molecular formula is C18H29N3. The zero-order valence-corrected chi connectivity index (χ0v) is 13.5. The van der Waals surface area contributed by atoms with Crippen LogP contribution in [-0.4, -0.2) is 24.1 Å². The van der Waals surface area contributed by atoms with Crippen molar-refractivity contribution in [1.29, 1.82) is 0 Å². The van der Waals surface area contributed by atoms with Crippen molar-refractivity contribution < 1.29 is 0 Å². The van der Waals surface area contributed by atoms with Crippen LogP contribution in [0.3, 0.4) is 0 Å². The highest BCUT2D eigenvalue weighted by Crippen LogP contribution is 2.31. The Morgan fingerprint density at radius 1 is 1.05 bits per heavy atom. The van der Waals surface area contributed by atoms with Gasteiger partial charge < -0.3 is 10.2 Å². The van der Waals surface area contributed by atoms with Gasteiger partial charge in [0.25, 0.3) is 0 Å². The van der Waals surface area contributed by atoms with Gasteiger partial charge >= 0.3 is 0 Å². The Balaban J connectivity index is 1.61. The highest BCUT2D eigenvalue weighted by atomic mass is 15.2. The van der Waals surface area contributed by atoms with E-state index in [0.717, 1.165) is 30.7 Å².